The van der Waals surface area contributed by atoms with E-state index < -0.39 is 46.0 Å². The lowest BCUT2D eigenvalue weighted by Gasteiger charge is -2.38. The zero-order valence-corrected chi connectivity index (χ0v) is 16.8. The predicted octanol–water partition coefficient (Wildman–Crippen LogP) is 2.65. The van der Waals surface area contributed by atoms with Crippen LogP contribution in [0.3, 0.4) is 0 Å². The van der Waals surface area contributed by atoms with Crippen molar-refractivity contribution in [3.8, 4) is 5.75 Å². The van der Waals surface area contributed by atoms with Gasteiger partial charge in [0.1, 0.15) is 11.2 Å². The number of carboxylic acids is 1. The molecule has 1 aromatic carbocycles. The van der Waals surface area contributed by atoms with E-state index in [4.69, 9.17) is 4.74 Å². The highest BCUT2D eigenvalue weighted by Crippen LogP contribution is 2.45. The number of hydrogen-bond donors (Lipinski definition) is 2. The molecule has 7 nitrogen and oxygen atoms in total. The van der Waals surface area contributed by atoms with Crippen molar-refractivity contribution in [2.75, 3.05) is 25.1 Å². The fourth-order valence-electron chi connectivity index (χ4n) is 4.36. The van der Waals surface area contributed by atoms with Crippen LogP contribution >= 0.6 is 0 Å². The lowest BCUT2D eigenvalue weighted by atomic mass is 10.0. The number of carbonyl (C=O) groups is 1. The monoisotopic (exact) mass is 425 g/mol. The quantitative estimate of drug-likeness (QED) is 0.733. The van der Waals surface area contributed by atoms with Gasteiger partial charge < -0.3 is 24.6 Å². The first-order valence-corrected chi connectivity index (χ1v) is 9.74. The first-order chi connectivity index (χ1) is 14.2. The van der Waals surface area contributed by atoms with Crippen LogP contribution in [-0.4, -0.2) is 47.9 Å². The Morgan fingerprint density at radius 1 is 1.13 bits per heavy atom. The van der Waals surface area contributed by atoms with E-state index in [1.54, 1.807) is 4.90 Å². The number of nitrogens with zero attached hydrogens (tertiary/aromatic N) is 2. The number of ether oxygens (including phenoxy) is 1. The summed E-state index contributed by atoms with van der Waals surface area (Å²) in [5.74, 6) is -6.10. The van der Waals surface area contributed by atoms with Gasteiger partial charge in [0.15, 0.2) is 22.9 Å². The highest BCUT2D eigenvalue weighted by molar-refractivity contribution is 5.97. The highest BCUT2D eigenvalue weighted by Gasteiger charge is 2.38. The Morgan fingerprint density at radius 2 is 1.73 bits per heavy atom. The molecular weight excluding hydrogens is 403 g/mol. The van der Waals surface area contributed by atoms with Gasteiger partial charge >= 0.3 is 5.97 Å². The maximum atomic E-state index is 15.3. The summed E-state index contributed by atoms with van der Waals surface area (Å²) >= 11 is 0. The van der Waals surface area contributed by atoms with Crippen LogP contribution in [-0.2, 0) is 0 Å². The van der Waals surface area contributed by atoms with Crippen LogP contribution in [0, 0.1) is 17.6 Å². The normalized spacial score (nSPS) is 21.9. The molecule has 2 atom stereocenters. The molecule has 1 aliphatic carbocycles. The van der Waals surface area contributed by atoms with Gasteiger partial charge in [-0.05, 0) is 26.7 Å². The standard InChI is InChI=1S/C20H22F3N3O4/c1-8-6-25(7-9(2)24-8)16-14(22)13(21)11-15(18(16)30-3)26(10-4-5-10)19(23)12(17(11)27)20(28)29/h8-10,24H,4-7H2,1-3H3,(H,28,29). The number of piperazine rings is 1. The van der Waals surface area contributed by atoms with Crippen molar-refractivity contribution in [1.29, 1.82) is 0 Å². The second-order valence-corrected chi connectivity index (χ2v) is 8.01. The number of hydrogen-bond acceptors (Lipinski definition) is 5. The SMILES string of the molecule is COc1c(N2CC(C)NC(C)C2)c(F)c(F)c2c(=O)c(C(=O)O)c(F)n(C3CC3)c12. The Hall–Kier alpha value is -2.75. The Kier molecular flexibility index (Phi) is 4.92. The number of carboxylic acid groups (broad SMARTS) is 1. The fourth-order valence-corrected chi connectivity index (χ4v) is 4.36. The van der Waals surface area contributed by atoms with Crippen LogP contribution in [0.4, 0.5) is 18.9 Å². The van der Waals surface area contributed by atoms with Crippen LogP contribution < -0.4 is 20.4 Å². The summed E-state index contributed by atoms with van der Waals surface area (Å²) in [6.45, 7) is 4.46. The lowest BCUT2D eigenvalue weighted by molar-refractivity contribution is 0.0688. The molecule has 2 N–H and O–H groups in total. The minimum atomic E-state index is -1.83. The van der Waals surface area contributed by atoms with Crippen LogP contribution in [0.2, 0.25) is 0 Å². The van der Waals surface area contributed by atoms with E-state index in [0.717, 1.165) is 4.57 Å². The molecule has 0 radical (unpaired) electrons. The van der Waals surface area contributed by atoms with Crippen molar-refractivity contribution in [2.45, 2.75) is 44.8 Å². The molecule has 1 aliphatic heterocycles. The number of pyridine rings is 1. The number of halogens is 3. The molecule has 0 amide bonds. The van der Waals surface area contributed by atoms with Gasteiger partial charge in [-0.2, -0.15) is 4.39 Å². The zero-order chi connectivity index (χ0) is 21.9. The van der Waals surface area contributed by atoms with E-state index >= 15 is 13.2 Å². The summed E-state index contributed by atoms with van der Waals surface area (Å²) in [7, 11) is 1.23. The molecule has 2 fully saturated rings. The van der Waals surface area contributed by atoms with Gasteiger partial charge in [-0.3, -0.25) is 4.79 Å². The number of rotatable bonds is 4. The third-order valence-corrected chi connectivity index (χ3v) is 5.60. The van der Waals surface area contributed by atoms with E-state index in [1.165, 1.54) is 7.11 Å². The van der Waals surface area contributed by atoms with Gasteiger partial charge in [-0.1, -0.05) is 0 Å². The predicted molar refractivity (Wildman–Crippen MR) is 104 cm³/mol. The van der Waals surface area contributed by atoms with Crippen molar-refractivity contribution < 1.29 is 27.8 Å². The average molecular weight is 425 g/mol. The number of anilines is 1. The molecule has 2 aromatic rings. The highest BCUT2D eigenvalue weighted by atomic mass is 19.2. The Balaban J connectivity index is 2.13. The summed E-state index contributed by atoms with van der Waals surface area (Å²) in [5, 5.41) is 11.8. The number of methoxy groups -OCH3 is 1. The third-order valence-electron chi connectivity index (χ3n) is 5.60. The van der Waals surface area contributed by atoms with Crippen LogP contribution in [0.25, 0.3) is 10.9 Å². The molecule has 1 saturated heterocycles. The largest absolute Gasteiger partial charge is 0.492 e. The van der Waals surface area contributed by atoms with Crippen molar-refractivity contribution >= 4 is 22.6 Å². The summed E-state index contributed by atoms with van der Waals surface area (Å²) < 4.78 is 52.0. The summed E-state index contributed by atoms with van der Waals surface area (Å²) in [4.78, 5) is 25.8. The molecular formula is C20H22F3N3O4. The number of benzene rings is 1. The third kappa shape index (κ3) is 3.01. The van der Waals surface area contributed by atoms with Crippen molar-refractivity contribution in [3.63, 3.8) is 0 Å². The topological polar surface area (TPSA) is 83.8 Å². The number of nitrogens with one attached hydrogen (secondary N) is 1. The first kappa shape index (κ1) is 20.5. The van der Waals surface area contributed by atoms with Crippen molar-refractivity contribution in [3.05, 3.63) is 33.4 Å². The van der Waals surface area contributed by atoms with E-state index in [9.17, 15) is 14.7 Å². The minimum Gasteiger partial charge on any atom is -0.492 e. The molecule has 2 aliphatic rings. The van der Waals surface area contributed by atoms with Crippen LogP contribution in [0.5, 0.6) is 5.75 Å². The van der Waals surface area contributed by atoms with Gasteiger partial charge in [-0.25, -0.2) is 13.6 Å². The van der Waals surface area contributed by atoms with E-state index in [-0.39, 0.29) is 29.0 Å². The van der Waals surface area contributed by atoms with E-state index in [2.05, 4.69) is 5.32 Å². The summed E-state index contributed by atoms with van der Waals surface area (Å²) in [6, 6.07) is -0.527. The number of aromatic nitrogens is 1. The molecule has 0 spiro atoms. The van der Waals surface area contributed by atoms with Crippen molar-refractivity contribution in [2.24, 2.45) is 0 Å². The van der Waals surface area contributed by atoms with Gasteiger partial charge in [0.25, 0.3) is 0 Å². The zero-order valence-electron chi connectivity index (χ0n) is 16.8. The smallest absolute Gasteiger partial charge is 0.344 e. The molecule has 30 heavy (non-hydrogen) atoms. The van der Waals surface area contributed by atoms with Gasteiger partial charge in [0, 0.05) is 31.2 Å². The summed E-state index contributed by atoms with van der Waals surface area (Å²) in [5.41, 5.74) is -3.05. The van der Waals surface area contributed by atoms with Crippen molar-refractivity contribution in [1.82, 2.24) is 9.88 Å². The number of fused-ring (bicyclic) bond motifs is 1. The Morgan fingerprint density at radius 3 is 2.23 bits per heavy atom. The average Bonchev–Trinajstić information content (AvgIpc) is 3.47. The second kappa shape index (κ2) is 7.19. The molecule has 1 saturated carbocycles. The van der Waals surface area contributed by atoms with Crippen LogP contribution in [0.1, 0.15) is 43.1 Å². The molecule has 0 bridgehead atoms. The molecule has 4 rings (SSSR count). The molecule has 10 heteroatoms. The second-order valence-electron chi connectivity index (χ2n) is 8.01. The molecule has 1 aromatic heterocycles. The molecule has 2 heterocycles. The lowest BCUT2D eigenvalue weighted by Crippen LogP contribution is -2.54. The maximum absolute atomic E-state index is 15.3. The Bertz CT molecular complexity index is 1100. The first-order valence-electron chi connectivity index (χ1n) is 9.74. The minimum absolute atomic E-state index is 0.0339. The van der Waals surface area contributed by atoms with E-state index in [1.807, 2.05) is 13.8 Å². The molecule has 2 unspecified atom stereocenters. The summed E-state index contributed by atoms with van der Waals surface area (Å²) in [6.07, 6.45) is 1.04. The fraction of sp³-hybridized carbons (Fsp3) is 0.500. The maximum Gasteiger partial charge on any atom is 0.344 e. The molecule has 162 valence electrons. The Labute approximate surface area is 170 Å². The van der Waals surface area contributed by atoms with Gasteiger partial charge in [0.05, 0.1) is 12.5 Å². The number of aromatic carboxylic acids is 1. The van der Waals surface area contributed by atoms with Crippen LogP contribution in [0.15, 0.2) is 4.79 Å². The van der Waals surface area contributed by atoms with Gasteiger partial charge in [-0.15, -0.1) is 0 Å². The van der Waals surface area contributed by atoms with Gasteiger partial charge in [0.2, 0.25) is 11.4 Å². The van der Waals surface area contributed by atoms with E-state index in [0.29, 0.717) is 25.9 Å².